The van der Waals surface area contributed by atoms with E-state index in [2.05, 4.69) is 35.1 Å². The van der Waals surface area contributed by atoms with E-state index in [9.17, 15) is 0 Å². The average Bonchev–Trinajstić information content (AvgIpc) is 2.89. The SMILES string of the molecule is CC(C)NCc1ccnc(N(C)Cc2ccco2)c1. The van der Waals surface area contributed by atoms with Crippen LogP contribution in [0.1, 0.15) is 25.2 Å². The van der Waals surface area contributed by atoms with Gasteiger partial charge in [0.15, 0.2) is 0 Å². The van der Waals surface area contributed by atoms with Crippen LogP contribution >= 0.6 is 0 Å². The maximum atomic E-state index is 5.35. The molecule has 2 rings (SSSR count). The molecule has 0 fully saturated rings. The Bertz CT molecular complexity index is 494. The Labute approximate surface area is 114 Å². The second-order valence-electron chi connectivity index (χ2n) is 4.99. The van der Waals surface area contributed by atoms with Crippen LogP contribution in [0.2, 0.25) is 0 Å². The summed E-state index contributed by atoms with van der Waals surface area (Å²) in [6, 6.07) is 8.51. The molecule has 0 aromatic carbocycles. The lowest BCUT2D eigenvalue weighted by atomic mass is 10.2. The van der Waals surface area contributed by atoms with Gasteiger partial charge >= 0.3 is 0 Å². The molecule has 102 valence electrons. The molecule has 1 N–H and O–H groups in total. The quantitative estimate of drug-likeness (QED) is 0.866. The third-order valence-electron chi connectivity index (χ3n) is 2.89. The molecule has 2 heterocycles. The van der Waals surface area contributed by atoms with Crippen molar-refractivity contribution in [3.63, 3.8) is 0 Å². The van der Waals surface area contributed by atoms with E-state index in [1.165, 1.54) is 5.56 Å². The number of nitrogens with zero attached hydrogens (tertiary/aromatic N) is 2. The lowest BCUT2D eigenvalue weighted by Gasteiger charge is -2.17. The van der Waals surface area contributed by atoms with Gasteiger partial charge < -0.3 is 14.6 Å². The van der Waals surface area contributed by atoms with Crippen molar-refractivity contribution < 1.29 is 4.42 Å². The molecule has 0 bridgehead atoms. The topological polar surface area (TPSA) is 41.3 Å². The van der Waals surface area contributed by atoms with E-state index in [-0.39, 0.29) is 0 Å². The third kappa shape index (κ3) is 4.10. The fourth-order valence-corrected chi connectivity index (χ4v) is 1.82. The van der Waals surface area contributed by atoms with Gasteiger partial charge in [-0.2, -0.15) is 0 Å². The normalized spacial score (nSPS) is 10.9. The highest BCUT2D eigenvalue weighted by Gasteiger charge is 2.06. The number of rotatable bonds is 6. The van der Waals surface area contributed by atoms with Crippen LogP contribution in [0.3, 0.4) is 0 Å². The van der Waals surface area contributed by atoms with E-state index < -0.39 is 0 Å². The third-order valence-corrected chi connectivity index (χ3v) is 2.89. The first-order valence-electron chi connectivity index (χ1n) is 6.57. The molecule has 19 heavy (non-hydrogen) atoms. The Morgan fingerprint density at radius 3 is 2.89 bits per heavy atom. The molecule has 0 unspecified atom stereocenters. The van der Waals surface area contributed by atoms with Gasteiger partial charge in [-0.15, -0.1) is 0 Å². The van der Waals surface area contributed by atoms with Gasteiger partial charge in [-0.1, -0.05) is 13.8 Å². The highest BCUT2D eigenvalue weighted by molar-refractivity contribution is 5.40. The molecule has 0 atom stereocenters. The summed E-state index contributed by atoms with van der Waals surface area (Å²) in [5, 5.41) is 3.41. The van der Waals surface area contributed by atoms with Gasteiger partial charge in [0.05, 0.1) is 12.8 Å². The average molecular weight is 259 g/mol. The molecular formula is C15H21N3O. The van der Waals surface area contributed by atoms with Crippen molar-refractivity contribution in [2.24, 2.45) is 0 Å². The molecule has 0 radical (unpaired) electrons. The number of aromatic nitrogens is 1. The van der Waals surface area contributed by atoms with Crippen LogP contribution < -0.4 is 10.2 Å². The first kappa shape index (κ1) is 13.6. The Morgan fingerprint density at radius 2 is 2.21 bits per heavy atom. The monoisotopic (exact) mass is 259 g/mol. The zero-order valence-corrected chi connectivity index (χ0v) is 11.8. The standard InChI is InChI=1S/C15H21N3O/c1-12(2)17-10-13-6-7-16-15(9-13)18(3)11-14-5-4-8-19-14/h4-9,12,17H,10-11H2,1-3H3. The van der Waals surface area contributed by atoms with Crippen molar-refractivity contribution in [1.29, 1.82) is 0 Å². The van der Waals surface area contributed by atoms with Crippen molar-refractivity contribution in [3.8, 4) is 0 Å². The maximum Gasteiger partial charge on any atom is 0.128 e. The Balaban J connectivity index is 2.01. The van der Waals surface area contributed by atoms with Gasteiger partial charge in [0.25, 0.3) is 0 Å². The van der Waals surface area contributed by atoms with Gasteiger partial charge in [-0.05, 0) is 29.8 Å². The lowest BCUT2D eigenvalue weighted by molar-refractivity contribution is 0.507. The number of furan rings is 1. The summed E-state index contributed by atoms with van der Waals surface area (Å²) < 4.78 is 5.35. The van der Waals surface area contributed by atoms with Crippen molar-refractivity contribution >= 4 is 5.82 Å². The lowest BCUT2D eigenvalue weighted by Crippen LogP contribution is -2.22. The van der Waals surface area contributed by atoms with Crippen LogP contribution in [-0.2, 0) is 13.1 Å². The van der Waals surface area contributed by atoms with Gasteiger partial charge in [-0.3, -0.25) is 0 Å². The summed E-state index contributed by atoms with van der Waals surface area (Å²) in [7, 11) is 2.02. The van der Waals surface area contributed by atoms with Gasteiger partial charge in [0.2, 0.25) is 0 Å². The van der Waals surface area contributed by atoms with Crippen LogP contribution in [0, 0.1) is 0 Å². The van der Waals surface area contributed by atoms with Crippen LogP contribution in [0.5, 0.6) is 0 Å². The van der Waals surface area contributed by atoms with E-state index in [1.807, 2.05) is 31.4 Å². The molecule has 0 spiro atoms. The zero-order valence-electron chi connectivity index (χ0n) is 11.8. The van der Waals surface area contributed by atoms with Crippen molar-refractivity contribution in [3.05, 3.63) is 48.0 Å². The molecule has 0 amide bonds. The van der Waals surface area contributed by atoms with Gasteiger partial charge in [-0.25, -0.2) is 4.98 Å². The van der Waals surface area contributed by atoms with E-state index in [1.54, 1.807) is 6.26 Å². The highest BCUT2D eigenvalue weighted by atomic mass is 16.3. The number of hydrogen-bond donors (Lipinski definition) is 1. The Morgan fingerprint density at radius 1 is 1.37 bits per heavy atom. The zero-order chi connectivity index (χ0) is 13.7. The summed E-state index contributed by atoms with van der Waals surface area (Å²) in [5.41, 5.74) is 1.24. The minimum atomic E-state index is 0.484. The summed E-state index contributed by atoms with van der Waals surface area (Å²) in [4.78, 5) is 6.48. The fourth-order valence-electron chi connectivity index (χ4n) is 1.82. The minimum absolute atomic E-state index is 0.484. The molecule has 2 aromatic heterocycles. The molecule has 0 saturated heterocycles. The molecule has 4 nitrogen and oxygen atoms in total. The molecule has 0 saturated carbocycles. The number of anilines is 1. The van der Waals surface area contributed by atoms with Gasteiger partial charge in [0, 0.05) is 25.8 Å². The smallest absolute Gasteiger partial charge is 0.128 e. The molecule has 2 aromatic rings. The number of pyridine rings is 1. The number of nitrogens with one attached hydrogen (secondary N) is 1. The van der Waals surface area contributed by atoms with Crippen LogP contribution in [0.25, 0.3) is 0 Å². The summed E-state index contributed by atoms with van der Waals surface area (Å²) in [6.45, 7) is 5.87. The maximum absolute atomic E-state index is 5.35. The second kappa shape index (κ2) is 6.38. The molecule has 4 heteroatoms. The molecule has 0 aliphatic carbocycles. The Hall–Kier alpha value is -1.81. The van der Waals surface area contributed by atoms with Crippen molar-refractivity contribution in [2.75, 3.05) is 11.9 Å². The van der Waals surface area contributed by atoms with E-state index >= 15 is 0 Å². The summed E-state index contributed by atoms with van der Waals surface area (Å²) in [6.07, 6.45) is 3.55. The summed E-state index contributed by atoms with van der Waals surface area (Å²) >= 11 is 0. The molecule has 0 aliphatic heterocycles. The second-order valence-corrected chi connectivity index (χ2v) is 4.99. The Kier molecular flexibility index (Phi) is 4.58. The largest absolute Gasteiger partial charge is 0.467 e. The van der Waals surface area contributed by atoms with E-state index in [0.717, 1.165) is 24.7 Å². The van der Waals surface area contributed by atoms with Gasteiger partial charge in [0.1, 0.15) is 11.6 Å². The number of hydrogen-bond acceptors (Lipinski definition) is 4. The molecule has 0 aliphatic rings. The predicted octanol–water partition coefficient (Wildman–Crippen LogP) is 2.81. The van der Waals surface area contributed by atoms with Crippen molar-refractivity contribution in [1.82, 2.24) is 10.3 Å². The van der Waals surface area contributed by atoms with E-state index in [0.29, 0.717) is 6.04 Å². The summed E-state index contributed by atoms with van der Waals surface area (Å²) in [5.74, 6) is 1.90. The predicted molar refractivity (Wildman–Crippen MR) is 77.0 cm³/mol. The van der Waals surface area contributed by atoms with Crippen LogP contribution in [-0.4, -0.2) is 18.1 Å². The van der Waals surface area contributed by atoms with E-state index in [4.69, 9.17) is 4.42 Å². The molecular weight excluding hydrogens is 238 g/mol. The minimum Gasteiger partial charge on any atom is -0.467 e. The van der Waals surface area contributed by atoms with Crippen LogP contribution in [0.4, 0.5) is 5.82 Å². The first-order valence-corrected chi connectivity index (χ1v) is 6.57. The van der Waals surface area contributed by atoms with Crippen molar-refractivity contribution in [2.45, 2.75) is 33.0 Å². The fraction of sp³-hybridized carbons (Fsp3) is 0.400. The first-order chi connectivity index (χ1) is 9.15. The highest BCUT2D eigenvalue weighted by Crippen LogP contribution is 2.14. The van der Waals surface area contributed by atoms with Crippen LogP contribution in [0.15, 0.2) is 41.1 Å².